The van der Waals surface area contributed by atoms with E-state index in [-0.39, 0.29) is 18.3 Å². The van der Waals surface area contributed by atoms with Crippen molar-refractivity contribution in [1.29, 1.82) is 0 Å². The molecule has 3 aliphatic rings. The topological polar surface area (TPSA) is 96.3 Å². The smallest absolute Gasteiger partial charge is 0.190 e. The van der Waals surface area contributed by atoms with Crippen LogP contribution in [-0.4, -0.2) is 58.7 Å². The SMILES string of the molecule is CC1(C)O[C@H]2[C@@H](O1)[C@@H](C=NNc1ccc(Cl)nn1)O[C@@H]1OC(C)(C)O[C@@H]12. The molecule has 4 heterocycles. The molecule has 142 valence electrons. The molecule has 0 aromatic carbocycles. The number of fused-ring (bicyclic) bond motifs is 3. The largest absolute Gasteiger partial charge is 0.342 e. The van der Waals surface area contributed by atoms with Gasteiger partial charge in [-0.05, 0) is 39.8 Å². The number of aromatic nitrogens is 2. The number of nitrogens with zero attached hydrogens (tertiary/aromatic N) is 3. The molecule has 5 atom stereocenters. The van der Waals surface area contributed by atoms with E-state index in [1.54, 1.807) is 18.3 Å². The van der Waals surface area contributed by atoms with E-state index in [1.807, 2.05) is 27.7 Å². The Bertz CT molecular complexity index is 698. The number of anilines is 1. The Morgan fingerprint density at radius 1 is 1.00 bits per heavy atom. The third-order valence-corrected chi connectivity index (χ3v) is 4.42. The molecule has 1 aromatic rings. The van der Waals surface area contributed by atoms with Gasteiger partial charge in [0, 0.05) is 0 Å². The Balaban J connectivity index is 1.50. The van der Waals surface area contributed by atoms with Crippen LogP contribution in [0.2, 0.25) is 5.15 Å². The van der Waals surface area contributed by atoms with Gasteiger partial charge in [0.05, 0.1) is 6.21 Å². The molecule has 3 fully saturated rings. The molecule has 0 unspecified atom stereocenters. The van der Waals surface area contributed by atoms with Gasteiger partial charge in [-0.25, -0.2) is 0 Å². The second-order valence-electron chi connectivity index (χ2n) is 7.27. The zero-order valence-corrected chi connectivity index (χ0v) is 15.6. The van der Waals surface area contributed by atoms with Gasteiger partial charge in [-0.15, -0.1) is 10.2 Å². The quantitative estimate of drug-likeness (QED) is 0.623. The van der Waals surface area contributed by atoms with Crippen LogP contribution in [0.15, 0.2) is 17.2 Å². The molecule has 0 spiro atoms. The van der Waals surface area contributed by atoms with Crippen molar-refractivity contribution in [1.82, 2.24) is 10.2 Å². The molecule has 0 saturated carbocycles. The molecule has 26 heavy (non-hydrogen) atoms. The first-order valence-electron chi connectivity index (χ1n) is 8.38. The molecule has 10 heteroatoms. The van der Waals surface area contributed by atoms with Crippen LogP contribution in [0.4, 0.5) is 5.82 Å². The minimum atomic E-state index is -0.751. The molecule has 3 saturated heterocycles. The monoisotopic (exact) mass is 384 g/mol. The molecule has 0 amide bonds. The van der Waals surface area contributed by atoms with Gasteiger partial charge in [0.15, 0.2) is 28.8 Å². The molecule has 0 aliphatic carbocycles. The van der Waals surface area contributed by atoms with Crippen LogP contribution in [-0.2, 0) is 23.7 Å². The number of rotatable bonds is 3. The zero-order valence-electron chi connectivity index (χ0n) is 14.9. The van der Waals surface area contributed by atoms with E-state index in [0.29, 0.717) is 11.0 Å². The van der Waals surface area contributed by atoms with Crippen LogP contribution in [0.25, 0.3) is 0 Å². The number of ether oxygens (including phenoxy) is 5. The van der Waals surface area contributed by atoms with Gasteiger partial charge in [-0.1, -0.05) is 11.6 Å². The molecule has 0 bridgehead atoms. The maximum absolute atomic E-state index is 6.04. The zero-order chi connectivity index (χ0) is 18.5. The summed E-state index contributed by atoms with van der Waals surface area (Å²) in [7, 11) is 0. The highest BCUT2D eigenvalue weighted by atomic mass is 35.5. The fraction of sp³-hybridized carbons (Fsp3) is 0.688. The lowest BCUT2D eigenvalue weighted by Gasteiger charge is -2.35. The normalized spacial score (nSPS) is 37.5. The van der Waals surface area contributed by atoms with E-state index in [4.69, 9.17) is 35.3 Å². The Kier molecular flexibility index (Phi) is 4.41. The first-order chi connectivity index (χ1) is 12.2. The standard InChI is InChI=1S/C16H21ClN4O5/c1-15(2)23-11-8(7-18-20-10-6-5-9(17)19-21-10)22-14-13(12(11)24-15)25-16(3,4)26-14/h5-8,11-14H,1-4H3,(H,20,21)/t8-,11+,12+,13-,14-/m1/s1. The van der Waals surface area contributed by atoms with E-state index in [2.05, 4.69) is 20.7 Å². The van der Waals surface area contributed by atoms with Crippen LogP contribution in [0.3, 0.4) is 0 Å². The van der Waals surface area contributed by atoms with Gasteiger partial charge in [0.2, 0.25) is 0 Å². The lowest BCUT2D eigenvalue weighted by molar-refractivity contribution is -0.217. The molecule has 1 aromatic heterocycles. The van der Waals surface area contributed by atoms with Crippen LogP contribution < -0.4 is 5.43 Å². The number of hydrogen-bond donors (Lipinski definition) is 1. The fourth-order valence-corrected chi connectivity index (χ4v) is 3.42. The molecule has 4 rings (SSSR count). The number of hydrogen-bond acceptors (Lipinski definition) is 9. The number of nitrogens with one attached hydrogen (secondary N) is 1. The molecule has 3 aliphatic heterocycles. The van der Waals surface area contributed by atoms with Crippen molar-refractivity contribution in [3.63, 3.8) is 0 Å². The summed E-state index contributed by atoms with van der Waals surface area (Å²) < 4.78 is 29.9. The van der Waals surface area contributed by atoms with E-state index in [0.717, 1.165) is 0 Å². The Labute approximate surface area is 155 Å². The van der Waals surface area contributed by atoms with Crippen molar-refractivity contribution in [2.24, 2.45) is 5.10 Å². The first-order valence-corrected chi connectivity index (χ1v) is 8.75. The summed E-state index contributed by atoms with van der Waals surface area (Å²) >= 11 is 5.71. The molecular weight excluding hydrogens is 364 g/mol. The third kappa shape index (κ3) is 3.55. The number of halogens is 1. The van der Waals surface area contributed by atoms with Gasteiger partial charge in [0.25, 0.3) is 0 Å². The van der Waals surface area contributed by atoms with Gasteiger partial charge < -0.3 is 23.7 Å². The Morgan fingerprint density at radius 3 is 2.42 bits per heavy atom. The highest BCUT2D eigenvalue weighted by Crippen LogP contribution is 2.43. The predicted molar refractivity (Wildman–Crippen MR) is 91.7 cm³/mol. The lowest BCUT2D eigenvalue weighted by atomic mass is 10.00. The predicted octanol–water partition coefficient (Wildman–Crippen LogP) is 1.92. The van der Waals surface area contributed by atoms with Crippen molar-refractivity contribution in [2.45, 2.75) is 70.0 Å². The summed E-state index contributed by atoms with van der Waals surface area (Å²) in [5.74, 6) is -1.04. The van der Waals surface area contributed by atoms with Crippen molar-refractivity contribution < 1.29 is 23.7 Å². The lowest BCUT2D eigenvalue weighted by Crippen LogP contribution is -2.55. The maximum atomic E-state index is 6.04. The molecule has 0 radical (unpaired) electrons. The third-order valence-electron chi connectivity index (χ3n) is 4.22. The minimum Gasteiger partial charge on any atom is -0.342 e. The summed E-state index contributed by atoms with van der Waals surface area (Å²) in [6.45, 7) is 7.40. The van der Waals surface area contributed by atoms with E-state index in [9.17, 15) is 0 Å². The summed E-state index contributed by atoms with van der Waals surface area (Å²) in [6, 6.07) is 3.29. The number of hydrazone groups is 1. The van der Waals surface area contributed by atoms with E-state index >= 15 is 0 Å². The Morgan fingerprint density at radius 2 is 1.69 bits per heavy atom. The van der Waals surface area contributed by atoms with E-state index in [1.165, 1.54) is 0 Å². The average molecular weight is 385 g/mol. The first kappa shape index (κ1) is 18.0. The molecule has 9 nitrogen and oxygen atoms in total. The maximum Gasteiger partial charge on any atom is 0.190 e. The highest BCUT2D eigenvalue weighted by Gasteiger charge is 2.60. The Hall–Kier alpha value is -1.36. The van der Waals surface area contributed by atoms with E-state index < -0.39 is 24.0 Å². The van der Waals surface area contributed by atoms with Crippen molar-refractivity contribution >= 4 is 23.6 Å². The minimum absolute atomic E-state index is 0.309. The van der Waals surface area contributed by atoms with Crippen LogP contribution in [0.5, 0.6) is 0 Å². The van der Waals surface area contributed by atoms with Gasteiger partial charge >= 0.3 is 0 Å². The van der Waals surface area contributed by atoms with Crippen molar-refractivity contribution in [2.75, 3.05) is 5.43 Å². The van der Waals surface area contributed by atoms with Crippen LogP contribution in [0, 0.1) is 0 Å². The fourth-order valence-electron chi connectivity index (χ4n) is 3.32. The van der Waals surface area contributed by atoms with Crippen molar-refractivity contribution in [3.8, 4) is 0 Å². The van der Waals surface area contributed by atoms with Gasteiger partial charge in [-0.2, -0.15) is 5.10 Å². The van der Waals surface area contributed by atoms with Crippen LogP contribution >= 0.6 is 11.6 Å². The summed E-state index contributed by atoms with van der Waals surface area (Å²) in [5.41, 5.74) is 2.78. The second kappa shape index (κ2) is 6.36. The second-order valence-corrected chi connectivity index (χ2v) is 7.65. The van der Waals surface area contributed by atoms with Gasteiger partial charge in [-0.3, -0.25) is 5.43 Å². The summed E-state index contributed by atoms with van der Waals surface area (Å²) in [5, 5.41) is 12.1. The summed E-state index contributed by atoms with van der Waals surface area (Å²) in [6.07, 6.45) is -0.493. The molecule has 1 N–H and O–H groups in total. The van der Waals surface area contributed by atoms with Crippen LogP contribution in [0.1, 0.15) is 27.7 Å². The molecular formula is C16H21ClN4O5. The van der Waals surface area contributed by atoms with Gasteiger partial charge in [0.1, 0.15) is 24.4 Å². The summed E-state index contributed by atoms with van der Waals surface area (Å²) in [4.78, 5) is 0. The average Bonchev–Trinajstić information content (AvgIpc) is 3.03. The van der Waals surface area contributed by atoms with Crippen molar-refractivity contribution in [3.05, 3.63) is 17.3 Å². The highest BCUT2D eigenvalue weighted by molar-refractivity contribution is 6.29.